The fourth-order valence-electron chi connectivity index (χ4n) is 15.5. The van der Waals surface area contributed by atoms with Crippen LogP contribution in [0.25, 0.3) is 193 Å². The van der Waals surface area contributed by atoms with Crippen LogP contribution in [0.5, 0.6) is 0 Å². The van der Waals surface area contributed by atoms with Crippen LogP contribution in [0, 0.1) is 0 Å². The summed E-state index contributed by atoms with van der Waals surface area (Å²) >= 11 is 0. The Bertz CT molecular complexity index is 6280. The molecule has 5 heterocycles. The average Bonchev–Trinajstić information content (AvgIpc) is 1.57. The molecule has 21 rings (SSSR count). The number of pyridine rings is 1. The maximum absolute atomic E-state index is 5.12. The van der Waals surface area contributed by atoms with E-state index in [0.717, 1.165) is 66.6 Å². The van der Waals surface area contributed by atoms with Gasteiger partial charge in [0.15, 0.2) is 11.5 Å². The molecule has 91 heavy (non-hydrogen) atoms. The van der Waals surface area contributed by atoms with Crippen molar-refractivity contribution in [3.05, 3.63) is 298 Å². The van der Waals surface area contributed by atoms with Gasteiger partial charge in [-0.05, 0) is 155 Å². The van der Waals surface area contributed by atoms with Gasteiger partial charge < -0.3 is 9.13 Å². The van der Waals surface area contributed by atoms with Gasteiger partial charge in [0.05, 0.1) is 33.1 Å². The van der Waals surface area contributed by atoms with Crippen LogP contribution in [0.2, 0.25) is 0 Å². The van der Waals surface area contributed by atoms with E-state index >= 15 is 0 Å². The Balaban J connectivity index is 0.000000129. The minimum absolute atomic E-state index is 0.699. The molecule has 14 aromatic carbocycles. The first-order valence-corrected chi connectivity index (χ1v) is 31.0. The van der Waals surface area contributed by atoms with Gasteiger partial charge in [0.25, 0.3) is 0 Å². The summed E-state index contributed by atoms with van der Waals surface area (Å²) in [5.41, 5.74) is 25.5. The molecule has 0 spiro atoms. The molecule has 5 aromatic heterocycles. The Morgan fingerprint density at radius 3 is 1.31 bits per heavy atom. The van der Waals surface area contributed by atoms with Gasteiger partial charge in [0.2, 0.25) is 0 Å². The highest BCUT2D eigenvalue weighted by Crippen LogP contribution is 2.52. The Labute approximate surface area is 521 Å². The second-order valence-electron chi connectivity index (χ2n) is 24.0. The van der Waals surface area contributed by atoms with E-state index in [0.29, 0.717) is 5.82 Å². The summed E-state index contributed by atoms with van der Waals surface area (Å²) in [7, 11) is 0. The monoisotopic (exact) mass is 1160 g/mol. The molecule has 0 N–H and O–H groups in total. The average molecular weight is 1160 g/mol. The van der Waals surface area contributed by atoms with Crippen molar-refractivity contribution in [2.45, 2.75) is 0 Å². The van der Waals surface area contributed by atoms with Crippen LogP contribution in [-0.2, 0) is 0 Å². The van der Waals surface area contributed by atoms with Crippen LogP contribution in [0.4, 0.5) is 0 Å². The second kappa shape index (κ2) is 19.1. The van der Waals surface area contributed by atoms with E-state index in [9.17, 15) is 0 Å². The van der Waals surface area contributed by atoms with Crippen LogP contribution < -0.4 is 0 Å². The van der Waals surface area contributed by atoms with E-state index in [1.165, 1.54) is 120 Å². The first-order chi connectivity index (χ1) is 45.2. The lowest BCUT2D eigenvalue weighted by molar-refractivity contribution is 0.968. The number of rotatable bonds is 5. The molecule has 0 bridgehead atoms. The van der Waals surface area contributed by atoms with Crippen molar-refractivity contribution in [2.24, 2.45) is 0 Å². The maximum Gasteiger partial charge on any atom is 0.182 e. The van der Waals surface area contributed by atoms with Gasteiger partial charge in [-0.15, -0.1) is 5.10 Å². The number of benzene rings is 14. The highest BCUT2D eigenvalue weighted by molar-refractivity contribution is 6.32. The van der Waals surface area contributed by atoms with Gasteiger partial charge in [-0.3, -0.25) is 9.97 Å². The van der Waals surface area contributed by atoms with E-state index in [2.05, 4.69) is 282 Å². The number of hydrogen-bond donors (Lipinski definition) is 0. The molecule has 420 valence electrons. The lowest BCUT2D eigenvalue weighted by atomic mass is 9.93. The summed E-state index contributed by atoms with van der Waals surface area (Å²) in [6.45, 7) is 0. The van der Waals surface area contributed by atoms with Crippen LogP contribution in [0.15, 0.2) is 298 Å². The van der Waals surface area contributed by atoms with Gasteiger partial charge in [0.1, 0.15) is 0 Å². The van der Waals surface area contributed by atoms with Crippen molar-refractivity contribution in [3.63, 3.8) is 0 Å². The highest BCUT2D eigenvalue weighted by atomic mass is 15.3. The first kappa shape index (κ1) is 49.8. The molecule has 0 aliphatic heterocycles. The van der Waals surface area contributed by atoms with Crippen molar-refractivity contribution in [3.8, 4) is 89.5 Å². The molecule has 7 nitrogen and oxygen atoms in total. The minimum Gasteiger partial charge on any atom is -0.309 e. The summed E-state index contributed by atoms with van der Waals surface area (Å²) in [5.74, 6) is 0.699. The molecule has 0 unspecified atom stereocenters. The van der Waals surface area contributed by atoms with Gasteiger partial charge in [-0.2, -0.15) is 0 Å². The van der Waals surface area contributed by atoms with Gasteiger partial charge in [0, 0.05) is 79.0 Å². The van der Waals surface area contributed by atoms with Crippen LogP contribution in [-0.4, -0.2) is 33.7 Å². The number of hydrogen-bond acceptors (Lipinski definition) is 4. The lowest BCUT2D eigenvalue weighted by Crippen LogP contribution is -1.96. The zero-order valence-electron chi connectivity index (χ0n) is 48.9. The third-order valence-electron chi connectivity index (χ3n) is 19.3. The van der Waals surface area contributed by atoms with Crippen molar-refractivity contribution in [1.82, 2.24) is 33.7 Å². The first-order valence-electron chi connectivity index (χ1n) is 31.0. The third-order valence-corrected chi connectivity index (χ3v) is 19.3. The van der Waals surface area contributed by atoms with Gasteiger partial charge in [-0.1, -0.05) is 212 Å². The molecule has 0 atom stereocenters. The predicted molar refractivity (Wildman–Crippen MR) is 376 cm³/mol. The van der Waals surface area contributed by atoms with E-state index in [-0.39, 0.29) is 0 Å². The number of aromatic nitrogens is 7. The normalized spacial score (nSPS) is 12.2. The summed E-state index contributed by atoms with van der Waals surface area (Å²) < 4.78 is 6.80. The Kier molecular flexibility index (Phi) is 10.4. The van der Waals surface area contributed by atoms with Gasteiger partial charge in [-0.25, -0.2) is 9.50 Å². The third kappa shape index (κ3) is 7.19. The lowest BCUT2D eigenvalue weighted by Gasteiger charge is -2.15. The van der Waals surface area contributed by atoms with Crippen molar-refractivity contribution < 1.29 is 0 Å². The van der Waals surface area contributed by atoms with E-state index in [1.54, 1.807) is 12.4 Å². The number of nitrogens with zero attached hydrogens (tertiary/aromatic N) is 7. The van der Waals surface area contributed by atoms with Crippen LogP contribution >= 0.6 is 0 Å². The fourth-order valence-corrected chi connectivity index (χ4v) is 15.5. The van der Waals surface area contributed by atoms with Crippen LogP contribution in [0.3, 0.4) is 0 Å². The molecule has 0 radical (unpaired) electrons. The zero-order valence-corrected chi connectivity index (χ0v) is 48.9. The molecule has 2 aliphatic carbocycles. The second-order valence-corrected chi connectivity index (χ2v) is 24.0. The SMILES string of the molecule is c1ccc(-c2cc(-c3ccccc3)c3nc(-c4ccc(-n5c6cccc7c6c6c8c(cccc8ccc65)-c5ccccc5-7)cc4)nn3c2)cc1.c1ccc2c(c1)-c1cccc3ccc4c(c13)c1c-2cccc1n4-c1ccc2c(c1)c1ccccc1c1nccnc21. The Morgan fingerprint density at radius 1 is 0.264 bits per heavy atom. The summed E-state index contributed by atoms with van der Waals surface area (Å²) in [4.78, 5) is 14.6. The topological polar surface area (TPSA) is 65.8 Å². The van der Waals surface area contributed by atoms with Crippen molar-refractivity contribution in [1.29, 1.82) is 0 Å². The minimum atomic E-state index is 0.699. The molecule has 19 aromatic rings. The molecule has 7 heteroatoms. The molecule has 0 saturated heterocycles. The standard InChI is InChI=1S/C46H28N4.C38H21N3/c1-3-11-29(12-4-1)33-27-39(30-13-5-2-6-14-30)46-47-45(48-49(46)28-33)32-21-24-34(25-22-32)50-40-20-10-19-38-36-17-8-7-16-35(36)37-18-9-15-31-23-26-41(50)44(42(31)37)43(38)40;1-2-9-25-24(8-1)27-12-5-7-22-15-18-33-36(34(22)27)35-28(25)13-6-14-32(35)41(33)23-16-17-30-31(21-23)26-10-3-4-11-29(26)37-38(30)40-20-19-39-37/h1-28H;1-21H. The molecule has 0 saturated carbocycles. The summed E-state index contributed by atoms with van der Waals surface area (Å²) in [6, 6.07) is 101. The maximum atomic E-state index is 5.12. The van der Waals surface area contributed by atoms with E-state index in [1.807, 2.05) is 16.6 Å². The predicted octanol–water partition coefficient (Wildman–Crippen LogP) is 21.5. The zero-order chi connectivity index (χ0) is 59.4. The quantitative estimate of drug-likeness (QED) is 0.161. The van der Waals surface area contributed by atoms with Crippen LogP contribution in [0.1, 0.15) is 0 Å². The smallest absolute Gasteiger partial charge is 0.182 e. The number of fused-ring (bicyclic) bond motifs is 13. The summed E-state index contributed by atoms with van der Waals surface area (Å²) in [5, 5.41) is 20.1. The van der Waals surface area contributed by atoms with E-state index < -0.39 is 0 Å². The molecule has 0 fully saturated rings. The summed E-state index contributed by atoms with van der Waals surface area (Å²) in [6.07, 6.45) is 5.65. The Morgan fingerprint density at radius 2 is 0.725 bits per heavy atom. The Hall–Kier alpha value is -12.3. The van der Waals surface area contributed by atoms with Crippen molar-refractivity contribution in [2.75, 3.05) is 0 Å². The molecule has 2 aliphatic rings. The molecular weight excluding hydrogens is 1110 g/mol. The van der Waals surface area contributed by atoms with E-state index in [4.69, 9.17) is 20.1 Å². The molecule has 0 amide bonds. The molecular formula is C84H49N7. The fraction of sp³-hybridized carbons (Fsp3) is 0. The van der Waals surface area contributed by atoms with Gasteiger partial charge >= 0.3 is 0 Å². The largest absolute Gasteiger partial charge is 0.309 e. The highest BCUT2D eigenvalue weighted by Gasteiger charge is 2.27. The van der Waals surface area contributed by atoms with Crippen molar-refractivity contribution >= 4 is 103 Å².